The summed E-state index contributed by atoms with van der Waals surface area (Å²) in [6, 6.07) is 29.7. The number of allylic oxidation sites excluding steroid dienone is 2. The third kappa shape index (κ3) is 8.90. The van der Waals surface area contributed by atoms with Crippen LogP contribution in [0.1, 0.15) is 176 Å². The standard InChI is InChI=1S/2C27H35.C2H4.2ClH.Zr/c2*1-25(2,3)20-14-19(15-21(16-20)26(4,5)6)23-12-10-11-18-13-22(17-24(18)23)27(7,8)9;1-2;;;/h2*10-17H,1-9H3;1-2H2;2*1H;/q;;;;;+2/p-2. The molecule has 0 bridgehead atoms. The Morgan fingerprint density at radius 3 is 0.915 bits per heavy atom. The summed E-state index contributed by atoms with van der Waals surface area (Å²) in [5.74, 6) is 0. The van der Waals surface area contributed by atoms with Gasteiger partial charge in [0.1, 0.15) is 0 Å². The molecule has 2 unspecified atom stereocenters. The van der Waals surface area contributed by atoms with E-state index >= 15 is 0 Å². The molecule has 0 nitrogen and oxygen atoms in total. The largest absolute Gasteiger partial charge is 1.00 e. The molecule has 0 spiro atoms. The Labute approximate surface area is 377 Å². The maximum atomic E-state index is 2.70. The van der Waals surface area contributed by atoms with Crippen LogP contribution in [0, 0.1) is 10.8 Å². The zero-order valence-corrected chi connectivity index (χ0v) is 43.9. The zero-order chi connectivity index (χ0) is 42.1. The van der Waals surface area contributed by atoms with Gasteiger partial charge in [-0.2, -0.15) is 0 Å². The van der Waals surface area contributed by atoms with E-state index in [2.05, 4.69) is 210 Å². The van der Waals surface area contributed by atoms with E-state index in [1.54, 1.807) is 22.3 Å². The number of fused-ring (bicyclic) bond motifs is 2. The van der Waals surface area contributed by atoms with Crippen molar-refractivity contribution in [3.05, 3.63) is 128 Å². The third-order valence-corrected chi connectivity index (χ3v) is 26.6. The summed E-state index contributed by atoms with van der Waals surface area (Å²) in [6.45, 7) is 43.3. The van der Waals surface area contributed by atoms with Gasteiger partial charge in [0.15, 0.2) is 0 Å². The van der Waals surface area contributed by atoms with Gasteiger partial charge < -0.3 is 24.8 Å². The zero-order valence-electron chi connectivity index (χ0n) is 39.9. The van der Waals surface area contributed by atoms with Crippen molar-refractivity contribution in [1.82, 2.24) is 0 Å². The van der Waals surface area contributed by atoms with Gasteiger partial charge >= 0.3 is 356 Å². The van der Waals surface area contributed by atoms with E-state index in [0.717, 1.165) is 0 Å². The van der Waals surface area contributed by atoms with Crippen molar-refractivity contribution in [3.63, 3.8) is 0 Å². The van der Waals surface area contributed by atoms with Gasteiger partial charge in [0.2, 0.25) is 0 Å². The van der Waals surface area contributed by atoms with E-state index in [0.29, 0.717) is 7.25 Å². The molecule has 4 aromatic rings. The van der Waals surface area contributed by atoms with Gasteiger partial charge in [-0.25, -0.2) is 0 Å². The fourth-order valence-electron chi connectivity index (χ4n) is 10.0. The summed E-state index contributed by atoms with van der Waals surface area (Å²) in [5.41, 5.74) is 21.5. The van der Waals surface area contributed by atoms with E-state index in [-0.39, 0.29) is 57.3 Å². The minimum Gasteiger partial charge on any atom is -1.00 e. The van der Waals surface area contributed by atoms with E-state index in [1.807, 2.05) is 0 Å². The SMILES string of the molecule is CC(C)(C)C1=Cc2c(-c3cc(C(C)(C)C)cc(C(C)(C)C)c3)cccc2[CH]1[Zr+2]1([CH]2C(C(C)(C)C)=Cc3c(-c4cc(C(C)(C)C)cc(C(C)(C)C)c4)cccc32)[CH2][CH2]1.[Cl-].[Cl-]. The van der Waals surface area contributed by atoms with Gasteiger partial charge in [0.05, 0.1) is 0 Å². The Morgan fingerprint density at radius 2 is 0.678 bits per heavy atom. The van der Waals surface area contributed by atoms with Gasteiger partial charge in [-0.3, -0.25) is 0 Å². The van der Waals surface area contributed by atoms with E-state index < -0.39 is 20.3 Å². The van der Waals surface area contributed by atoms with Crippen molar-refractivity contribution in [2.45, 2.75) is 162 Å². The van der Waals surface area contributed by atoms with E-state index in [1.165, 1.54) is 63.9 Å². The molecule has 3 aliphatic rings. The summed E-state index contributed by atoms with van der Waals surface area (Å²) in [6.07, 6.45) is 5.40. The van der Waals surface area contributed by atoms with E-state index in [9.17, 15) is 0 Å². The Bertz CT molecular complexity index is 2080. The van der Waals surface area contributed by atoms with Crippen LogP contribution in [0.2, 0.25) is 8.26 Å². The van der Waals surface area contributed by atoms with Gasteiger partial charge in [0.25, 0.3) is 0 Å². The monoisotopic (exact) mass is 906 g/mol. The smallest absolute Gasteiger partial charge is 1.00 e. The maximum Gasteiger partial charge on any atom is -1.00 e. The quantitative estimate of drug-likeness (QED) is 0.191. The Balaban J connectivity index is 0.00000331. The molecular weight excluding hydrogens is 835 g/mol. The average Bonchev–Trinajstić information content (AvgIpc) is 3.57. The molecule has 1 heterocycles. The number of halogens is 2. The maximum absolute atomic E-state index is 3.06. The number of hydrogen-bond donors (Lipinski definition) is 0. The van der Waals surface area contributed by atoms with Crippen LogP contribution in [0.25, 0.3) is 34.4 Å². The Kier molecular flexibility index (Phi) is 12.6. The van der Waals surface area contributed by atoms with Crippen LogP contribution >= 0.6 is 0 Å². The van der Waals surface area contributed by atoms with Crippen molar-refractivity contribution >= 4 is 12.2 Å². The van der Waals surface area contributed by atoms with Crippen molar-refractivity contribution < 1.29 is 45.1 Å². The molecule has 0 N–H and O–H groups in total. The topological polar surface area (TPSA) is 0 Å². The molecule has 7 rings (SSSR count). The Hall–Kier alpha value is -2.18. The summed E-state index contributed by atoms with van der Waals surface area (Å²) in [5, 5.41) is 0. The second kappa shape index (κ2) is 15.6. The minimum atomic E-state index is -3.06. The summed E-state index contributed by atoms with van der Waals surface area (Å²) < 4.78 is 4.06. The predicted octanol–water partition coefficient (Wildman–Crippen LogP) is 10.9. The molecule has 4 aromatic carbocycles. The predicted molar refractivity (Wildman–Crippen MR) is 249 cm³/mol. The Morgan fingerprint density at radius 1 is 0.390 bits per heavy atom. The number of hydrogen-bond acceptors (Lipinski definition) is 0. The number of rotatable bonds is 4. The van der Waals surface area contributed by atoms with Crippen LogP contribution in [0.15, 0.2) is 83.9 Å². The molecule has 2 aliphatic carbocycles. The van der Waals surface area contributed by atoms with Crippen molar-refractivity contribution in [1.29, 1.82) is 0 Å². The summed E-state index contributed by atoms with van der Waals surface area (Å²) in [7, 11) is 0. The van der Waals surface area contributed by atoms with Crippen LogP contribution < -0.4 is 24.8 Å². The average molecular weight is 909 g/mol. The second-order valence-corrected chi connectivity index (χ2v) is 35.9. The summed E-state index contributed by atoms with van der Waals surface area (Å²) in [4.78, 5) is 0. The van der Waals surface area contributed by atoms with Gasteiger partial charge in [0, 0.05) is 0 Å². The first-order valence-corrected chi connectivity index (χ1v) is 28.4. The number of benzene rings is 4. The molecule has 0 aromatic heterocycles. The van der Waals surface area contributed by atoms with Crippen LogP contribution in [0.3, 0.4) is 0 Å². The molecular formula is C56H74Cl2Zr. The second-order valence-electron chi connectivity index (χ2n) is 24.5. The molecule has 2 atom stereocenters. The molecule has 59 heavy (non-hydrogen) atoms. The molecule has 1 saturated heterocycles. The van der Waals surface area contributed by atoms with Crippen LogP contribution in [0.5, 0.6) is 0 Å². The third-order valence-electron chi connectivity index (χ3n) is 13.8. The normalized spacial score (nSPS) is 18.4. The van der Waals surface area contributed by atoms with Gasteiger partial charge in [-0.05, 0) is 0 Å². The van der Waals surface area contributed by atoms with Crippen LogP contribution in [-0.2, 0) is 41.9 Å². The summed E-state index contributed by atoms with van der Waals surface area (Å²) >= 11 is -3.06. The molecule has 1 aliphatic heterocycles. The van der Waals surface area contributed by atoms with Crippen LogP contribution in [-0.4, -0.2) is 0 Å². The molecule has 0 saturated carbocycles. The minimum absolute atomic E-state index is 0. The van der Waals surface area contributed by atoms with Crippen molar-refractivity contribution in [2.24, 2.45) is 10.8 Å². The van der Waals surface area contributed by atoms with Gasteiger partial charge in [-0.15, -0.1) is 0 Å². The van der Waals surface area contributed by atoms with Crippen LogP contribution in [0.4, 0.5) is 0 Å². The first kappa shape index (κ1) is 47.9. The van der Waals surface area contributed by atoms with Gasteiger partial charge in [-0.1, -0.05) is 0 Å². The first-order valence-electron chi connectivity index (χ1n) is 22.0. The fourth-order valence-corrected chi connectivity index (χ4v) is 28.5. The van der Waals surface area contributed by atoms with Crippen molar-refractivity contribution in [3.8, 4) is 22.3 Å². The molecule has 316 valence electrons. The molecule has 0 amide bonds. The molecule has 1 fully saturated rings. The van der Waals surface area contributed by atoms with Crippen molar-refractivity contribution in [2.75, 3.05) is 0 Å². The molecule has 0 radical (unpaired) electrons. The fraction of sp³-hybridized carbons (Fsp3) is 0.500. The molecule has 3 heteroatoms. The first-order chi connectivity index (χ1) is 26.0. The van der Waals surface area contributed by atoms with E-state index in [4.69, 9.17) is 0 Å².